The molecule has 1 aromatic carbocycles. The third-order valence-corrected chi connectivity index (χ3v) is 5.14. The highest BCUT2D eigenvalue weighted by atomic mass is 16.5. The van der Waals surface area contributed by atoms with Crippen LogP contribution in [0.3, 0.4) is 0 Å². The highest BCUT2D eigenvalue weighted by Crippen LogP contribution is 2.32. The van der Waals surface area contributed by atoms with Crippen LogP contribution in [0, 0.1) is 6.92 Å². The van der Waals surface area contributed by atoms with Crippen LogP contribution in [-0.4, -0.2) is 68.0 Å². The lowest BCUT2D eigenvalue weighted by Gasteiger charge is -2.41. The van der Waals surface area contributed by atoms with Crippen LogP contribution in [0.5, 0.6) is 11.5 Å². The van der Waals surface area contributed by atoms with E-state index < -0.39 is 0 Å². The fourth-order valence-corrected chi connectivity index (χ4v) is 3.66. The van der Waals surface area contributed by atoms with Gasteiger partial charge in [0, 0.05) is 56.5 Å². The predicted octanol–water partition coefficient (Wildman–Crippen LogP) is 2.85. The lowest BCUT2D eigenvalue weighted by molar-refractivity contribution is 0.0632. The Kier molecular flexibility index (Phi) is 7.94. The van der Waals surface area contributed by atoms with E-state index in [9.17, 15) is 5.11 Å². The highest BCUT2D eigenvalue weighted by Gasteiger charge is 2.26. The molecule has 0 saturated carbocycles. The fourth-order valence-electron chi connectivity index (χ4n) is 3.66. The maximum atomic E-state index is 9.47. The third-order valence-electron chi connectivity index (χ3n) is 5.14. The Hall–Kier alpha value is -1.56. The van der Waals surface area contributed by atoms with Crippen molar-refractivity contribution in [2.24, 2.45) is 0 Å². The van der Waals surface area contributed by atoms with E-state index >= 15 is 0 Å². The van der Waals surface area contributed by atoms with E-state index in [-0.39, 0.29) is 6.61 Å². The first kappa shape index (κ1) is 20.7. The topological polar surface area (TPSA) is 45.2 Å². The molecule has 1 heterocycles. The smallest absolute Gasteiger partial charge is 0.129 e. The van der Waals surface area contributed by atoms with Gasteiger partial charge < -0.3 is 14.6 Å². The average Bonchev–Trinajstić information content (AvgIpc) is 2.61. The van der Waals surface area contributed by atoms with Gasteiger partial charge in [0.25, 0.3) is 0 Å². The number of benzene rings is 1. The summed E-state index contributed by atoms with van der Waals surface area (Å²) in [5, 5.41) is 9.47. The van der Waals surface area contributed by atoms with E-state index in [1.807, 2.05) is 13.0 Å². The minimum atomic E-state index is 0.231. The summed E-state index contributed by atoms with van der Waals surface area (Å²) in [7, 11) is 3.41. The standard InChI is InChI=1S/C21H34N2O3/c1-16(2)8-10-23-12-11-22(15-19(23)9-13-24)14-18-6-7-20(25-4)17(3)21(18)26-5/h6-8,19,24H,9-15H2,1-5H3/t19-/m0/s1. The number of hydrogen-bond donors (Lipinski definition) is 1. The Labute approximate surface area is 158 Å². The van der Waals surface area contributed by atoms with Crippen molar-refractivity contribution in [2.45, 2.75) is 39.8 Å². The summed E-state index contributed by atoms with van der Waals surface area (Å²) in [6.07, 6.45) is 3.09. The molecule has 1 atom stereocenters. The summed E-state index contributed by atoms with van der Waals surface area (Å²) in [6, 6.07) is 4.50. The van der Waals surface area contributed by atoms with Crippen molar-refractivity contribution in [2.75, 3.05) is 47.0 Å². The number of allylic oxidation sites excluding steroid dienone is 1. The van der Waals surface area contributed by atoms with Crippen molar-refractivity contribution in [3.05, 3.63) is 34.9 Å². The van der Waals surface area contributed by atoms with Gasteiger partial charge in [-0.25, -0.2) is 0 Å². The summed E-state index contributed by atoms with van der Waals surface area (Å²) in [5.74, 6) is 1.77. The predicted molar refractivity (Wildman–Crippen MR) is 106 cm³/mol. The molecule has 26 heavy (non-hydrogen) atoms. The largest absolute Gasteiger partial charge is 0.496 e. The first-order valence-corrected chi connectivity index (χ1v) is 9.41. The zero-order valence-electron chi connectivity index (χ0n) is 16.9. The minimum Gasteiger partial charge on any atom is -0.496 e. The summed E-state index contributed by atoms with van der Waals surface area (Å²) in [6.45, 7) is 11.4. The van der Waals surface area contributed by atoms with E-state index in [1.54, 1.807) is 14.2 Å². The van der Waals surface area contributed by atoms with E-state index in [0.29, 0.717) is 6.04 Å². The molecule has 2 rings (SSSR count). The summed E-state index contributed by atoms with van der Waals surface area (Å²) < 4.78 is 11.1. The van der Waals surface area contributed by atoms with Gasteiger partial charge in [-0.05, 0) is 33.3 Å². The van der Waals surface area contributed by atoms with Gasteiger partial charge in [-0.1, -0.05) is 17.7 Å². The van der Waals surface area contributed by atoms with Crippen LogP contribution in [0.1, 0.15) is 31.4 Å². The van der Waals surface area contributed by atoms with Gasteiger partial charge in [0.2, 0.25) is 0 Å². The normalized spacial score (nSPS) is 18.6. The van der Waals surface area contributed by atoms with Crippen LogP contribution in [-0.2, 0) is 6.54 Å². The molecule has 1 aromatic rings. The molecule has 0 bridgehead atoms. The second-order valence-corrected chi connectivity index (χ2v) is 7.26. The number of piperazine rings is 1. The summed E-state index contributed by atoms with van der Waals surface area (Å²) in [5.41, 5.74) is 3.57. The van der Waals surface area contributed by atoms with Gasteiger partial charge >= 0.3 is 0 Å². The third kappa shape index (κ3) is 5.22. The van der Waals surface area contributed by atoms with Crippen molar-refractivity contribution in [1.29, 1.82) is 0 Å². The molecule has 1 saturated heterocycles. The van der Waals surface area contributed by atoms with Gasteiger partial charge in [0.1, 0.15) is 11.5 Å². The summed E-state index contributed by atoms with van der Waals surface area (Å²) in [4.78, 5) is 4.94. The van der Waals surface area contributed by atoms with Gasteiger partial charge in [0.15, 0.2) is 0 Å². The quantitative estimate of drug-likeness (QED) is 0.721. The zero-order valence-corrected chi connectivity index (χ0v) is 16.9. The molecule has 0 aliphatic carbocycles. The number of aliphatic hydroxyl groups excluding tert-OH is 1. The minimum absolute atomic E-state index is 0.231. The number of ether oxygens (including phenoxy) is 2. The summed E-state index contributed by atoms with van der Waals surface area (Å²) >= 11 is 0. The molecule has 0 aromatic heterocycles. The number of aliphatic hydroxyl groups is 1. The molecule has 5 heteroatoms. The molecular formula is C21H34N2O3. The molecule has 0 radical (unpaired) electrons. The Morgan fingerprint density at radius 3 is 2.62 bits per heavy atom. The lowest BCUT2D eigenvalue weighted by Crippen LogP contribution is -2.53. The first-order valence-electron chi connectivity index (χ1n) is 9.41. The van der Waals surface area contributed by atoms with Gasteiger partial charge in [-0.15, -0.1) is 0 Å². The molecule has 1 N–H and O–H groups in total. The Morgan fingerprint density at radius 1 is 1.23 bits per heavy atom. The lowest BCUT2D eigenvalue weighted by atomic mass is 10.0. The van der Waals surface area contributed by atoms with Crippen LogP contribution < -0.4 is 9.47 Å². The highest BCUT2D eigenvalue weighted by molar-refractivity contribution is 5.49. The van der Waals surface area contributed by atoms with Crippen molar-refractivity contribution in [1.82, 2.24) is 9.80 Å². The average molecular weight is 363 g/mol. The molecule has 0 spiro atoms. The molecular weight excluding hydrogens is 328 g/mol. The van der Waals surface area contributed by atoms with Gasteiger partial charge in [-0.2, -0.15) is 0 Å². The number of nitrogens with zero attached hydrogens (tertiary/aromatic N) is 2. The van der Waals surface area contributed by atoms with Crippen LogP contribution in [0.25, 0.3) is 0 Å². The van der Waals surface area contributed by atoms with Gasteiger partial charge in [0.05, 0.1) is 14.2 Å². The fraction of sp³-hybridized carbons (Fsp3) is 0.619. The molecule has 1 fully saturated rings. The second kappa shape index (κ2) is 9.95. The molecule has 0 amide bonds. The van der Waals surface area contributed by atoms with Crippen molar-refractivity contribution >= 4 is 0 Å². The molecule has 0 unspecified atom stereocenters. The van der Waals surface area contributed by atoms with Crippen molar-refractivity contribution < 1.29 is 14.6 Å². The SMILES string of the molecule is COc1ccc(CN2CCN(CC=C(C)C)[C@@H](CCO)C2)c(OC)c1C. The zero-order chi connectivity index (χ0) is 19.1. The van der Waals surface area contributed by atoms with Crippen LogP contribution in [0.15, 0.2) is 23.8 Å². The second-order valence-electron chi connectivity index (χ2n) is 7.26. The van der Waals surface area contributed by atoms with E-state index in [2.05, 4.69) is 35.8 Å². The maximum Gasteiger partial charge on any atom is 0.129 e. The molecule has 1 aliphatic rings. The van der Waals surface area contributed by atoms with Crippen molar-refractivity contribution in [3.8, 4) is 11.5 Å². The van der Waals surface area contributed by atoms with Crippen LogP contribution >= 0.6 is 0 Å². The Balaban J connectivity index is 2.09. The number of rotatable bonds is 8. The van der Waals surface area contributed by atoms with Crippen LogP contribution in [0.2, 0.25) is 0 Å². The van der Waals surface area contributed by atoms with E-state index in [0.717, 1.165) is 56.2 Å². The van der Waals surface area contributed by atoms with Crippen LogP contribution in [0.4, 0.5) is 0 Å². The van der Waals surface area contributed by atoms with Crippen molar-refractivity contribution in [3.63, 3.8) is 0 Å². The Bertz CT molecular complexity index is 612. The number of hydrogen-bond acceptors (Lipinski definition) is 5. The van der Waals surface area contributed by atoms with E-state index in [4.69, 9.17) is 9.47 Å². The first-order chi connectivity index (χ1) is 12.5. The number of methoxy groups -OCH3 is 2. The molecule has 1 aliphatic heterocycles. The monoisotopic (exact) mass is 362 g/mol. The van der Waals surface area contributed by atoms with Gasteiger partial charge in [-0.3, -0.25) is 9.80 Å². The Morgan fingerprint density at radius 2 is 2.00 bits per heavy atom. The molecule has 5 nitrogen and oxygen atoms in total. The van der Waals surface area contributed by atoms with E-state index in [1.165, 1.54) is 11.1 Å². The maximum absolute atomic E-state index is 9.47. The molecule has 146 valence electrons.